The average Bonchev–Trinajstić information content (AvgIpc) is 2.85. The van der Waals surface area contributed by atoms with Crippen LogP contribution in [0.15, 0.2) is 85.0 Å². The smallest absolute Gasteiger partial charge is 0.335 e. The average molecular weight is 485 g/mol. The SMILES string of the molecule is C=C(C)C(=O)OCC(COC(=O)C(=C)CO)Cc1ccc(-c2ccc(CCC=C(F)F)cc2)cc1. The second-order valence-corrected chi connectivity index (χ2v) is 8.24. The number of rotatable bonds is 13. The Morgan fingerprint density at radius 2 is 1.43 bits per heavy atom. The number of aliphatic hydroxyl groups excluding tert-OH is 1. The Labute approximate surface area is 204 Å². The normalized spacial score (nSPS) is 11.3. The minimum absolute atomic E-state index is 0.00790. The van der Waals surface area contributed by atoms with Crippen LogP contribution in [-0.2, 0) is 31.9 Å². The summed E-state index contributed by atoms with van der Waals surface area (Å²) in [7, 11) is 0. The lowest BCUT2D eigenvalue weighted by Crippen LogP contribution is -2.24. The zero-order chi connectivity index (χ0) is 25.8. The lowest BCUT2D eigenvalue weighted by Gasteiger charge is -2.18. The van der Waals surface area contributed by atoms with Gasteiger partial charge in [-0.1, -0.05) is 61.7 Å². The van der Waals surface area contributed by atoms with Crippen molar-refractivity contribution in [3.05, 3.63) is 96.1 Å². The molecule has 2 rings (SSSR count). The fraction of sp³-hybridized carbons (Fsp3) is 0.286. The van der Waals surface area contributed by atoms with E-state index in [0.717, 1.165) is 28.3 Å². The first-order valence-corrected chi connectivity index (χ1v) is 11.2. The van der Waals surface area contributed by atoms with Crippen molar-refractivity contribution in [3.8, 4) is 11.1 Å². The molecule has 0 aliphatic rings. The summed E-state index contributed by atoms with van der Waals surface area (Å²) in [6, 6.07) is 15.6. The number of hydrogen-bond donors (Lipinski definition) is 1. The van der Waals surface area contributed by atoms with Crippen LogP contribution in [0.3, 0.4) is 0 Å². The third kappa shape index (κ3) is 9.66. The lowest BCUT2D eigenvalue weighted by atomic mass is 9.97. The zero-order valence-corrected chi connectivity index (χ0v) is 19.8. The van der Waals surface area contributed by atoms with E-state index in [1.165, 1.54) is 0 Å². The van der Waals surface area contributed by atoms with E-state index < -0.39 is 24.6 Å². The van der Waals surface area contributed by atoms with Crippen LogP contribution >= 0.6 is 0 Å². The molecule has 2 aromatic carbocycles. The minimum atomic E-state index is -1.66. The maximum absolute atomic E-state index is 12.2. The van der Waals surface area contributed by atoms with Crippen molar-refractivity contribution in [1.82, 2.24) is 0 Å². The summed E-state index contributed by atoms with van der Waals surface area (Å²) >= 11 is 0. The fourth-order valence-electron chi connectivity index (χ4n) is 3.22. The van der Waals surface area contributed by atoms with E-state index in [9.17, 15) is 18.4 Å². The molecule has 1 N–H and O–H groups in total. The predicted octanol–water partition coefficient (Wildman–Crippen LogP) is 5.44. The van der Waals surface area contributed by atoms with Gasteiger partial charge in [-0.05, 0) is 54.5 Å². The number of ether oxygens (including phenoxy) is 2. The molecule has 1 atom stereocenters. The van der Waals surface area contributed by atoms with Gasteiger partial charge in [-0.25, -0.2) is 9.59 Å². The topological polar surface area (TPSA) is 72.8 Å². The molecule has 0 aromatic heterocycles. The Hall–Kier alpha value is -3.58. The number of benzene rings is 2. The third-order valence-corrected chi connectivity index (χ3v) is 5.23. The molecule has 0 bridgehead atoms. The van der Waals surface area contributed by atoms with E-state index in [2.05, 4.69) is 13.2 Å². The lowest BCUT2D eigenvalue weighted by molar-refractivity contribution is -0.144. The predicted molar refractivity (Wildman–Crippen MR) is 131 cm³/mol. The summed E-state index contributed by atoms with van der Waals surface area (Å²) in [5.74, 6) is -1.53. The summed E-state index contributed by atoms with van der Waals surface area (Å²) in [5.41, 5.74) is 4.15. The largest absolute Gasteiger partial charge is 0.462 e. The molecule has 2 aromatic rings. The van der Waals surface area contributed by atoms with Crippen LogP contribution in [0.4, 0.5) is 8.78 Å². The van der Waals surface area contributed by atoms with Gasteiger partial charge in [0.25, 0.3) is 6.08 Å². The van der Waals surface area contributed by atoms with E-state index in [1.807, 2.05) is 48.5 Å². The number of carbonyl (C=O) groups excluding carboxylic acids is 2. The van der Waals surface area contributed by atoms with Crippen molar-refractivity contribution >= 4 is 11.9 Å². The standard InChI is InChI=1S/C28H30F2O5/c1-19(2)27(32)34-17-23(18-35-28(33)20(3)16-31)15-22-9-13-25(14-10-22)24-11-7-21(8-12-24)5-4-6-26(29)30/h6-14,23,31H,1,3-5,15-18H2,2H3. The Balaban J connectivity index is 2.03. The van der Waals surface area contributed by atoms with Crippen molar-refractivity contribution in [2.45, 2.75) is 26.2 Å². The molecule has 0 heterocycles. The molecular weight excluding hydrogens is 454 g/mol. The Morgan fingerprint density at radius 3 is 1.91 bits per heavy atom. The highest BCUT2D eigenvalue weighted by Crippen LogP contribution is 2.22. The summed E-state index contributed by atoms with van der Waals surface area (Å²) in [4.78, 5) is 23.6. The first kappa shape index (κ1) is 27.7. The van der Waals surface area contributed by atoms with Crippen LogP contribution in [-0.4, -0.2) is 36.9 Å². The molecule has 0 radical (unpaired) electrons. The molecule has 186 valence electrons. The van der Waals surface area contributed by atoms with Crippen LogP contribution in [0.1, 0.15) is 24.5 Å². The van der Waals surface area contributed by atoms with Crippen molar-refractivity contribution in [2.24, 2.45) is 5.92 Å². The molecule has 0 aliphatic carbocycles. The number of carbonyl (C=O) groups is 2. The summed E-state index contributed by atoms with van der Waals surface area (Å²) in [5, 5.41) is 9.03. The van der Waals surface area contributed by atoms with Gasteiger partial charge in [0.2, 0.25) is 0 Å². The van der Waals surface area contributed by atoms with Crippen molar-refractivity contribution in [1.29, 1.82) is 0 Å². The van der Waals surface area contributed by atoms with Crippen molar-refractivity contribution in [3.63, 3.8) is 0 Å². The highest BCUT2D eigenvalue weighted by atomic mass is 19.3. The molecule has 0 fully saturated rings. The first-order valence-electron chi connectivity index (χ1n) is 11.2. The minimum Gasteiger partial charge on any atom is -0.462 e. The number of aryl methyl sites for hydroxylation is 1. The number of esters is 2. The van der Waals surface area contributed by atoms with Gasteiger partial charge in [0, 0.05) is 11.5 Å². The maximum Gasteiger partial charge on any atom is 0.335 e. The highest BCUT2D eigenvalue weighted by Gasteiger charge is 2.17. The molecule has 7 heteroatoms. The van der Waals surface area contributed by atoms with Crippen LogP contribution in [0, 0.1) is 5.92 Å². The van der Waals surface area contributed by atoms with Gasteiger partial charge < -0.3 is 14.6 Å². The number of halogens is 2. The van der Waals surface area contributed by atoms with Gasteiger partial charge in [-0.3, -0.25) is 0 Å². The van der Waals surface area contributed by atoms with Crippen molar-refractivity contribution in [2.75, 3.05) is 19.8 Å². The molecule has 1 unspecified atom stereocenters. The number of allylic oxidation sites excluding steroid dienone is 1. The van der Waals surface area contributed by atoms with Crippen LogP contribution in [0.2, 0.25) is 0 Å². The molecule has 35 heavy (non-hydrogen) atoms. The molecule has 0 saturated heterocycles. The molecule has 5 nitrogen and oxygen atoms in total. The van der Waals surface area contributed by atoms with E-state index in [4.69, 9.17) is 14.6 Å². The third-order valence-electron chi connectivity index (χ3n) is 5.23. The highest BCUT2D eigenvalue weighted by molar-refractivity contribution is 5.88. The quantitative estimate of drug-likeness (QED) is 0.303. The van der Waals surface area contributed by atoms with Gasteiger partial charge in [-0.15, -0.1) is 0 Å². The van der Waals surface area contributed by atoms with E-state index in [0.29, 0.717) is 19.3 Å². The zero-order valence-electron chi connectivity index (χ0n) is 19.8. The molecule has 0 saturated carbocycles. The second kappa shape index (κ2) is 14.0. The van der Waals surface area contributed by atoms with Crippen LogP contribution < -0.4 is 0 Å². The molecule has 0 amide bonds. The second-order valence-electron chi connectivity index (χ2n) is 8.24. The number of hydrogen-bond acceptors (Lipinski definition) is 5. The van der Waals surface area contributed by atoms with Crippen molar-refractivity contribution < 1.29 is 33.0 Å². The van der Waals surface area contributed by atoms with E-state index >= 15 is 0 Å². The molecule has 0 spiro atoms. The van der Waals surface area contributed by atoms with Gasteiger partial charge in [0.05, 0.1) is 25.4 Å². The Bertz CT molecular complexity index is 1050. The number of aliphatic hydroxyl groups is 1. The fourth-order valence-corrected chi connectivity index (χ4v) is 3.22. The maximum atomic E-state index is 12.2. The summed E-state index contributed by atoms with van der Waals surface area (Å²) in [6.07, 6.45) is 0.586. The van der Waals surface area contributed by atoms with Crippen LogP contribution in [0.25, 0.3) is 11.1 Å². The van der Waals surface area contributed by atoms with E-state index in [-0.39, 0.29) is 30.3 Å². The van der Waals surface area contributed by atoms with Crippen LogP contribution in [0.5, 0.6) is 0 Å². The Morgan fingerprint density at radius 1 is 0.914 bits per heavy atom. The molecule has 0 aliphatic heterocycles. The van der Waals surface area contributed by atoms with Gasteiger partial charge in [0.1, 0.15) is 0 Å². The van der Waals surface area contributed by atoms with E-state index in [1.54, 1.807) is 6.92 Å². The molecular formula is C28H30F2O5. The monoisotopic (exact) mass is 484 g/mol. The first-order chi connectivity index (χ1) is 16.7. The van der Waals surface area contributed by atoms with Gasteiger partial charge in [0.15, 0.2) is 0 Å². The van der Waals surface area contributed by atoms with Gasteiger partial charge in [-0.2, -0.15) is 8.78 Å². The Kier molecular flexibility index (Phi) is 11.0. The summed E-state index contributed by atoms with van der Waals surface area (Å²) in [6.45, 7) is 8.09. The summed E-state index contributed by atoms with van der Waals surface area (Å²) < 4.78 is 34.8. The van der Waals surface area contributed by atoms with Gasteiger partial charge >= 0.3 is 11.9 Å².